The summed E-state index contributed by atoms with van der Waals surface area (Å²) in [6.45, 7) is 1.35. The maximum absolute atomic E-state index is 8.55. The molecule has 2 heterocycles. The van der Waals surface area contributed by atoms with Crippen molar-refractivity contribution in [3.05, 3.63) is 6.20 Å². The Morgan fingerprint density at radius 3 is 3.06 bits per heavy atom. The summed E-state index contributed by atoms with van der Waals surface area (Å²) in [5.41, 5.74) is 6.50. The molecule has 0 unspecified atom stereocenters. The van der Waals surface area contributed by atoms with Gasteiger partial charge >= 0.3 is 0 Å². The van der Waals surface area contributed by atoms with Gasteiger partial charge in [-0.1, -0.05) is 0 Å². The van der Waals surface area contributed by atoms with Gasteiger partial charge in [0, 0.05) is 13.6 Å². The molecule has 98 valence electrons. The molecular weight excluding hydrogens is 236 g/mol. The third-order valence-electron chi connectivity index (χ3n) is 2.39. The van der Waals surface area contributed by atoms with Gasteiger partial charge in [0.2, 0.25) is 5.95 Å². The zero-order valence-electron chi connectivity index (χ0n) is 10.1. The van der Waals surface area contributed by atoms with Crippen molar-refractivity contribution < 1.29 is 9.84 Å². The average molecular weight is 252 g/mol. The Balaban J connectivity index is 2.02. The van der Waals surface area contributed by atoms with Crippen LogP contribution in [0, 0.1) is 0 Å². The van der Waals surface area contributed by atoms with E-state index in [1.807, 2.05) is 0 Å². The molecule has 0 bridgehead atoms. The lowest BCUT2D eigenvalue weighted by Crippen LogP contribution is -2.13. The van der Waals surface area contributed by atoms with E-state index in [9.17, 15) is 0 Å². The number of hydrogen-bond donors (Lipinski definition) is 3. The number of aliphatic hydroxyl groups excluding tert-OH is 1. The fraction of sp³-hybridized carbons (Fsp3) is 0.500. The number of aliphatic hydroxyl groups is 1. The number of fused-ring (bicyclic) bond motifs is 1. The average Bonchev–Trinajstić information content (AvgIpc) is 2.72. The number of rotatable bonds is 6. The number of hydrogen-bond acceptors (Lipinski definition) is 7. The van der Waals surface area contributed by atoms with E-state index in [-0.39, 0.29) is 6.61 Å². The number of ether oxygens (including phenoxy) is 1. The van der Waals surface area contributed by atoms with Gasteiger partial charge in [-0.15, -0.1) is 0 Å². The second-order valence-corrected chi connectivity index (χ2v) is 3.70. The van der Waals surface area contributed by atoms with Crippen LogP contribution in [0.2, 0.25) is 0 Å². The summed E-state index contributed by atoms with van der Waals surface area (Å²) in [5, 5.41) is 16.4. The van der Waals surface area contributed by atoms with Crippen molar-refractivity contribution in [3.63, 3.8) is 0 Å². The van der Waals surface area contributed by atoms with Crippen LogP contribution in [-0.2, 0) is 11.8 Å². The molecule has 0 fully saturated rings. The van der Waals surface area contributed by atoms with Crippen LogP contribution in [0.1, 0.15) is 0 Å². The van der Waals surface area contributed by atoms with E-state index in [1.54, 1.807) is 17.9 Å². The molecule has 0 saturated carbocycles. The molecule has 4 N–H and O–H groups in total. The molecule has 2 aromatic rings. The highest BCUT2D eigenvalue weighted by Gasteiger charge is 2.08. The normalized spacial score (nSPS) is 11.0. The largest absolute Gasteiger partial charge is 0.394 e. The topological polar surface area (TPSA) is 111 Å². The maximum atomic E-state index is 8.55. The van der Waals surface area contributed by atoms with Crippen molar-refractivity contribution in [2.75, 3.05) is 37.4 Å². The van der Waals surface area contributed by atoms with Gasteiger partial charge < -0.3 is 20.9 Å². The standard InChI is InChI=1S/C10H16N6O2/c1-16-9-7(6-13-16)8(11)14-10(15-9)12-2-4-18-5-3-17/h6,17H,2-5H2,1H3,(H3,11,12,14,15). The molecule has 0 aliphatic heterocycles. The van der Waals surface area contributed by atoms with Gasteiger partial charge in [0.1, 0.15) is 5.82 Å². The first-order chi connectivity index (χ1) is 8.72. The quantitative estimate of drug-likeness (QED) is 0.587. The molecule has 8 heteroatoms. The van der Waals surface area contributed by atoms with Gasteiger partial charge in [0.25, 0.3) is 0 Å². The molecule has 0 aliphatic rings. The molecule has 0 aliphatic carbocycles. The van der Waals surface area contributed by atoms with E-state index in [1.165, 1.54) is 0 Å². The van der Waals surface area contributed by atoms with Crippen molar-refractivity contribution in [2.24, 2.45) is 7.05 Å². The second-order valence-electron chi connectivity index (χ2n) is 3.70. The SMILES string of the molecule is Cn1ncc2c(N)nc(NCCOCCO)nc21. The van der Waals surface area contributed by atoms with Crippen LogP contribution in [0.25, 0.3) is 11.0 Å². The summed E-state index contributed by atoms with van der Waals surface area (Å²) >= 11 is 0. The Morgan fingerprint density at radius 1 is 1.44 bits per heavy atom. The van der Waals surface area contributed by atoms with Crippen LogP contribution in [-0.4, -0.2) is 51.2 Å². The Morgan fingerprint density at radius 2 is 2.28 bits per heavy atom. The zero-order valence-corrected chi connectivity index (χ0v) is 10.1. The summed E-state index contributed by atoms with van der Waals surface area (Å²) in [6, 6.07) is 0. The van der Waals surface area contributed by atoms with E-state index in [2.05, 4.69) is 20.4 Å². The Bertz CT molecular complexity index is 526. The van der Waals surface area contributed by atoms with Crippen LogP contribution in [0.3, 0.4) is 0 Å². The van der Waals surface area contributed by atoms with E-state index in [0.717, 1.165) is 5.39 Å². The highest BCUT2D eigenvalue weighted by Crippen LogP contribution is 2.17. The van der Waals surface area contributed by atoms with Gasteiger partial charge in [-0.25, -0.2) is 0 Å². The first-order valence-electron chi connectivity index (χ1n) is 5.60. The fourth-order valence-electron chi connectivity index (χ4n) is 1.52. The van der Waals surface area contributed by atoms with E-state index < -0.39 is 0 Å². The summed E-state index contributed by atoms with van der Waals surface area (Å²) < 4.78 is 6.75. The minimum Gasteiger partial charge on any atom is -0.394 e. The predicted octanol–water partition coefficient (Wildman–Crippen LogP) is -0.634. The minimum absolute atomic E-state index is 0.0183. The Kier molecular flexibility index (Phi) is 3.90. The number of aromatic nitrogens is 4. The molecule has 0 saturated heterocycles. The molecule has 0 atom stereocenters. The third kappa shape index (κ3) is 2.66. The molecule has 2 rings (SSSR count). The van der Waals surface area contributed by atoms with Crippen molar-refractivity contribution in [2.45, 2.75) is 0 Å². The van der Waals surface area contributed by atoms with Crippen molar-refractivity contribution in [1.82, 2.24) is 19.7 Å². The van der Waals surface area contributed by atoms with Crippen LogP contribution in [0.15, 0.2) is 6.20 Å². The predicted molar refractivity (Wildman–Crippen MR) is 67.1 cm³/mol. The highest BCUT2D eigenvalue weighted by atomic mass is 16.5. The first kappa shape index (κ1) is 12.5. The lowest BCUT2D eigenvalue weighted by Gasteiger charge is -2.06. The van der Waals surface area contributed by atoms with Crippen molar-refractivity contribution in [1.29, 1.82) is 0 Å². The van der Waals surface area contributed by atoms with E-state index in [4.69, 9.17) is 15.6 Å². The molecular formula is C10H16N6O2. The maximum Gasteiger partial charge on any atom is 0.226 e. The molecule has 0 aromatic carbocycles. The Hall–Kier alpha value is -1.93. The van der Waals surface area contributed by atoms with Crippen LogP contribution < -0.4 is 11.1 Å². The van der Waals surface area contributed by atoms with Gasteiger partial charge in [0.05, 0.1) is 31.4 Å². The smallest absolute Gasteiger partial charge is 0.226 e. The summed E-state index contributed by atoms with van der Waals surface area (Å²) in [6.07, 6.45) is 1.64. The molecule has 2 aromatic heterocycles. The summed E-state index contributed by atoms with van der Waals surface area (Å²) in [4.78, 5) is 8.44. The molecule has 8 nitrogen and oxygen atoms in total. The van der Waals surface area contributed by atoms with Crippen molar-refractivity contribution >= 4 is 22.8 Å². The third-order valence-corrected chi connectivity index (χ3v) is 2.39. The fourth-order valence-corrected chi connectivity index (χ4v) is 1.52. The van der Waals surface area contributed by atoms with Crippen LogP contribution in [0.5, 0.6) is 0 Å². The molecule has 0 amide bonds. The minimum atomic E-state index is 0.0183. The van der Waals surface area contributed by atoms with Gasteiger partial charge in [-0.2, -0.15) is 15.1 Å². The number of aryl methyl sites for hydroxylation is 1. The summed E-state index contributed by atoms with van der Waals surface area (Å²) in [7, 11) is 1.79. The molecule has 18 heavy (non-hydrogen) atoms. The van der Waals surface area contributed by atoms with Gasteiger partial charge in [-0.3, -0.25) is 4.68 Å². The number of nitrogens with two attached hydrogens (primary N) is 1. The number of nitrogens with one attached hydrogen (secondary N) is 1. The van der Waals surface area contributed by atoms with Crippen LogP contribution >= 0.6 is 0 Å². The Labute approximate surface area is 104 Å². The lowest BCUT2D eigenvalue weighted by molar-refractivity contribution is 0.0991. The molecule has 0 spiro atoms. The number of nitrogen functional groups attached to an aromatic ring is 1. The van der Waals surface area contributed by atoms with E-state index >= 15 is 0 Å². The number of nitrogens with zero attached hydrogens (tertiary/aromatic N) is 4. The summed E-state index contributed by atoms with van der Waals surface area (Å²) in [5.74, 6) is 0.836. The van der Waals surface area contributed by atoms with Crippen LogP contribution in [0.4, 0.5) is 11.8 Å². The number of anilines is 2. The monoisotopic (exact) mass is 252 g/mol. The zero-order chi connectivity index (χ0) is 13.0. The molecule has 0 radical (unpaired) electrons. The second kappa shape index (κ2) is 5.61. The van der Waals surface area contributed by atoms with Crippen molar-refractivity contribution in [3.8, 4) is 0 Å². The lowest BCUT2D eigenvalue weighted by atomic mass is 10.4. The van der Waals surface area contributed by atoms with Gasteiger partial charge in [0.15, 0.2) is 5.65 Å². The highest BCUT2D eigenvalue weighted by molar-refractivity contribution is 5.86. The first-order valence-corrected chi connectivity index (χ1v) is 5.60. The van der Waals surface area contributed by atoms with Gasteiger partial charge in [-0.05, 0) is 0 Å². The van der Waals surface area contributed by atoms with E-state index in [0.29, 0.717) is 37.2 Å².